The molecular weight excluding hydrogens is 299 g/mol. The van der Waals surface area contributed by atoms with Crippen molar-refractivity contribution < 1.29 is 18.7 Å². The van der Waals surface area contributed by atoms with E-state index in [0.29, 0.717) is 18.4 Å². The van der Waals surface area contributed by atoms with Gasteiger partial charge in [0.15, 0.2) is 0 Å². The molecule has 1 fully saturated rings. The maximum atomic E-state index is 13.0. The zero-order valence-corrected chi connectivity index (χ0v) is 13.0. The molecule has 0 unspecified atom stereocenters. The van der Waals surface area contributed by atoms with E-state index in [0.717, 1.165) is 12.8 Å². The van der Waals surface area contributed by atoms with Crippen LogP contribution in [0.2, 0.25) is 0 Å². The molecule has 2 rings (SSSR count). The second-order valence-corrected chi connectivity index (χ2v) is 5.78. The SMILES string of the molecule is COC(=O)[C@H](Cc1ccc(F)cc1)NC(=O)C1(C#N)CCCC1. The lowest BCUT2D eigenvalue weighted by molar-refractivity contribution is -0.146. The number of rotatable bonds is 5. The normalized spacial score (nSPS) is 17.1. The van der Waals surface area contributed by atoms with Gasteiger partial charge in [0.2, 0.25) is 5.91 Å². The lowest BCUT2D eigenvalue weighted by atomic mass is 9.86. The lowest BCUT2D eigenvalue weighted by Crippen LogP contribution is -2.48. The van der Waals surface area contributed by atoms with Gasteiger partial charge in [-0.1, -0.05) is 25.0 Å². The molecule has 122 valence electrons. The Kier molecular flexibility index (Phi) is 5.32. The number of carbonyl (C=O) groups excluding carboxylic acids is 2. The molecular formula is C17H19FN2O3. The van der Waals surface area contributed by atoms with Gasteiger partial charge in [-0.15, -0.1) is 0 Å². The molecule has 0 aromatic heterocycles. The summed E-state index contributed by atoms with van der Waals surface area (Å²) in [5.74, 6) is -1.40. The van der Waals surface area contributed by atoms with Crippen LogP contribution in [-0.2, 0) is 20.7 Å². The summed E-state index contributed by atoms with van der Waals surface area (Å²) in [4.78, 5) is 24.4. The first-order valence-corrected chi connectivity index (χ1v) is 7.55. The summed E-state index contributed by atoms with van der Waals surface area (Å²) in [5.41, 5.74) is -0.366. The van der Waals surface area contributed by atoms with Crippen molar-refractivity contribution >= 4 is 11.9 Å². The Hall–Kier alpha value is -2.42. The van der Waals surface area contributed by atoms with E-state index < -0.39 is 23.3 Å². The highest BCUT2D eigenvalue weighted by Gasteiger charge is 2.42. The predicted molar refractivity (Wildman–Crippen MR) is 80.6 cm³/mol. The van der Waals surface area contributed by atoms with Crippen LogP contribution in [0.15, 0.2) is 24.3 Å². The van der Waals surface area contributed by atoms with Crippen LogP contribution in [0.1, 0.15) is 31.2 Å². The van der Waals surface area contributed by atoms with Crippen molar-refractivity contribution in [2.45, 2.75) is 38.1 Å². The molecule has 1 atom stereocenters. The van der Waals surface area contributed by atoms with Gasteiger partial charge in [0, 0.05) is 6.42 Å². The molecule has 0 bridgehead atoms. The minimum absolute atomic E-state index is 0.181. The number of hydrogen-bond acceptors (Lipinski definition) is 4. The van der Waals surface area contributed by atoms with Gasteiger partial charge in [0.1, 0.15) is 17.3 Å². The van der Waals surface area contributed by atoms with Gasteiger partial charge in [-0.05, 0) is 30.5 Å². The number of nitrogens with zero attached hydrogens (tertiary/aromatic N) is 1. The quantitative estimate of drug-likeness (QED) is 0.843. The van der Waals surface area contributed by atoms with Crippen molar-refractivity contribution in [1.82, 2.24) is 5.32 Å². The van der Waals surface area contributed by atoms with Crippen molar-refractivity contribution in [2.75, 3.05) is 7.11 Å². The van der Waals surface area contributed by atoms with Crippen LogP contribution in [0.3, 0.4) is 0 Å². The third-order valence-electron chi connectivity index (χ3n) is 4.25. The van der Waals surface area contributed by atoms with E-state index in [1.54, 1.807) is 12.1 Å². The maximum absolute atomic E-state index is 13.0. The van der Waals surface area contributed by atoms with Gasteiger partial charge < -0.3 is 10.1 Å². The van der Waals surface area contributed by atoms with E-state index >= 15 is 0 Å². The number of ether oxygens (including phenoxy) is 1. The summed E-state index contributed by atoms with van der Waals surface area (Å²) in [5, 5.41) is 12.0. The molecule has 6 heteroatoms. The fraction of sp³-hybridized carbons (Fsp3) is 0.471. The largest absolute Gasteiger partial charge is 0.467 e. The van der Waals surface area contributed by atoms with E-state index in [2.05, 4.69) is 11.4 Å². The molecule has 0 heterocycles. The van der Waals surface area contributed by atoms with Crippen LogP contribution in [-0.4, -0.2) is 25.0 Å². The third kappa shape index (κ3) is 3.86. The number of hydrogen-bond donors (Lipinski definition) is 1. The number of nitrogens with one attached hydrogen (secondary N) is 1. The first kappa shape index (κ1) is 16.9. The number of esters is 1. The Morgan fingerprint density at radius 2 is 1.96 bits per heavy atom. The van der Waals surface area contributed by atoms with Crippen molar-refractivity contribution in [3.05, 3.63) is 35.6 Å². The van der Waals surface area contributed by atoms with E-state index in [1.807, 2.05) is 0 Å². The van der Waals surface area contributed by atoms with Crippen molar-refractivity contribution in [2.24, 2.45) is 5.41 Å². The Bertz CT molecular complexity index is 616. The van der Waals surface area contributed by atoms with Crippen LogP contribution in [0.25, 0.3) is 0 Å². The van der Waals surface area contributed by atoms with E-state index in [-0.39, 0.29) is 12.2 Å². The van der Waals surface area contributed by atoms with Crippen molar-refractivity contribution in [3.8, 4) is 6.07 Å². The minimum Gasteiger partial charge on any atom is -0.467 e. The highest BCUT2D eigenvalue weighted by molar-refractivity contribution is 5.90. The molecule has 0 saturated heterocycles. The molecule has 0 radical (unpaired) electrons. The molecule has 1 N–H and O–H groups in total. The Balaban J connectivity index is 2.12. The van der Waals surface area contributed by atoms with Gasteiger partial charge in [0.25, 0.3) is 0 Å². The highest BCUT2D eigenvalue weighted by atomic mass is 19.1. The van der Waals surface area contributed by atoms with E-state index in [1.165, 1.54) is 19.2 Å². The lowest BCUT2D eigenvalue weighted by Gasteiger charge is -2.23. The standard InChI is InChI=1S/C17H19FN2O3/c1-23-15(21)14(10-12-4-6-13(18)7-5-12)20-16(22)17(11-19)8-2-3-9-17/h4-7,14H,2-3,8-10H2,1H3,(H,20,22)/t14-/m0/s1. The summed E-state index contributed by atoms with van der Waals surface area (Å²) in [6.07, 6.45) is 2.82. The smallest absolute Gasteiger partial charge is 0.328 e. The zero-order chi connectivity index (χ0) is 16.9. The summed E-state index contributed by atoms with van der Waals surface area (Å²) in [7, 11) is 1.24. The minimum atomic E-state index is -1.06. The molecule has 1 aromatic rings. The fourth-order valence-corrected chi connectivity index (χ4v) is 2.86. The van der Waals surface area contributed by atoms with E-state index in [9.17, 15) is 19.2 Å². The number of carbonyl (C=O) groups is 2. The molecule has 1 aliphatic rings. The molecule has 0 spiro atoms. The van der Waals surface area contributed by atoms with Gasteiger partial charge in [-0.25, -0.2) is 9.18 Å². The van der Waals surface area contributed by atoms with E-state index in [4.69, 9.17) is 4.74 Å². The topological polar surface area (TPSA) is 79.2 Å². The molecule has 0 aliphatic heterocycles. The Morgan fingerprint density at radius 3 is 2.48 bits per heavy atom. The van der Waals surface area contributed by atoms with Gasteiger partial charge in [-0.3, -0.25) is 4.79 Å². The molecule has 1 aromatic carbocycles. The average molecular weight is 318 g/mol. The number of methoxy groups -OCH3 is 1. The summed E-state index contributed by atoms with van der Waals surface area (Å²) in [6, 6.07) is 6.88. The Labute approximate surface area is 134 Å². The zero-order valence-electron chi connectivity index (χ0n) is 13.0. The number of benzene rings is 1. The van der Waals surface area contributed by atoms with Crippen LogP contribution in [0, 0.1) is 22.6 Å². The molecule has 1 aliphatic carbocycles. The Morgan fingerprint density at radius 1 is 1.35 bits per heavy atom. The molecule has 23 heavy (non-hydrogen) atoms. The summed E-state index contributed by atoms with van der Waals surface area (Å²) < 4.78 is 17.7. The average Bonchev–Trinajstić information content (AvgIpc) is 3.05. The monoisotopic (exact) mass is 318 g/mol. The van der Waals surface area contributed by atoms with Crippen LogP contribution in [0.4, 0.5) is 4.39 Å². The number of nitriles is 1. The molecule has 1 saturated carbocycles. The predicted octanol–water partition coefficient (Wildman–Crippen LogP) is 2.11. The molecule has 1 amide bonds. The van der Waals surface area contributed by atoms with Crippen molar-refractivity contribution in [1.29, 1.82) is 5.26 Å². The van der Waals surface area contributed by atoms with Crippen LogP contribution in [0.5, 0.6) is 0 Å². The highest BCUT2D eigenvalue weighted by Crippen LogP contribution is 2.37. The second-order valence-electron chi connectivity index (χ2n) is 5.78. The van der Waals surface area contributed by atoms with Crippen LogP contribution < -0.4 is 5.32 Å². The molecule has 5 nitrogen and oxygen atoms in total. The summed E-state index contributed by atoms with van der Waals surface area (Å²) >= 11 is 0. The van der Waals surface area contributed by atoms with Gasteiger partial charge in [0.05, 0.1) is 13.2 Å². The number of amides is 1. The fourth-order valence-electron chi connectivity index (χ4n) is 2.86. The van der Waals surface area contributed by atoms with Crippen molar-refractivity contribution in [3.63, 3.8) is 0 Å². The first-order chi connectivity index (χ1) is 11.0. The van der Waals surface area contributed by atoms with Gasteiger partial charge >= 0.3 is 5.97 Å². The second kappa shape index (κ2) is 7.23. The third-order valence-corrected chi connectivity index (χ3v) is 4.25. The summed E-state index contributed by atoms with van der Waals surface area (Å²) in [6.45, 7) is 0. The van der Waals surface area contributed by atoms with Crippen LogP contribution >= 0.6 is 0 Å². The van der Waals surface area contributed by atoms with Gasteiger partial charge in [-0.2, -0.15) is 5.26 Å². The maximum Gasteiger partial charge on any atom is 0.328 e. The number of halogens is 1. The first-order valence-electron chi connectivity index (χ1n) is 7.55.